The molecular formula is C16H24N4. The van der Waals surface area contributed by atoms with Gasteiger partial charge in [-0.25, -0.2) is 0 Å². The first-order valence-corrected chi connectivity index (χ1v) is 7.27. The van der Waals surface area contributed by atoms with Gasteiger partial charge in [-0.15, -0.1) is 0 Å². The predicted octanol–water partition coefficient (Wildman–Crippen LogP) is 2.75. The minimum Gasteiger partial charge on any atom is -0.313 e. The summed E-state index contributed by atoms with van der Waals surface area (Å²) in [6, 6.07) is 4.23. The highest BCUT2D eigenvalue weighted by Gasteiger charge is 2.07. The van der Waals surface area contributed by atoms with Crippen LogP contribution in [0.3, 0.4) is 0 Å². The van der Waals surface area contributed by atoms with E-state index in [0.717, 1.165) is 37.4 Å². The van der Waals surface area contributed by atoms with E-state index >= 15 is 0 Å². The van der Waals surface area contributed by atoms with Crippen LogP contribution >= 0.6 is 0 Å². The van der Waals surface area contributed by atoms with Gasteiger partial charge in [-0.2, -0.15) is 5.10 Å². The van der Waals surface area contributed by atoms with Crippen LogP contribution in [0.15, 0.2) is 18.3 Å². The first-order valence-electron chi connectivity index (χ1n) is 7.27. The van der Waals surface area contributed by atoms with Crippen LogP contribution in [0.4, 0.5) is 0 Å². The first kappa shape index (κ1) is 14.7. The zero-order chi connectivity index (χ0) is 14.5. The zero-order valence-electron chi connectivity index (χ0n) is 12.9. The molecular weight excluding hydrogens is 248 g/mol. The largest absolute Gasteiger partial charge is 0.313 e. The molecule has 0 fully saturated rings. The van der Waals surface area contributed by atoms with Crippen LogP contribution in [0, 0.1) is 20.8 Å². The van der Waals surface area contributed by atoms with Gasteiger partial charge in [0.1, 0.15) is 0 Å². The highest BCUT2D eigenvalue weighted by molar-refractivity contribution is 5.23. The minimum absolute atomic E-state index is 0.739. The molecule has 0 saturated carbocycles. The van der Waals surface area contributed by atoms with Crippen molar-refractivity contribution in [3.63, 3.8) is 0 Å². The zero-order valence-corrected chi connectivity index (χ0v) is 12.9. The van der Waals surface area contributed by atoms with E-state index in [1.165, 1.54) is 16.8 Å². The van der Waals surface area contributed by atoms with Gasteiger partial charge in [0, 0.05) is 18.4 Å². The molecule has 1 N–H and O–H groups in total. The van der Waals surface area contributed by atoms with Gasteiger partial charge >= 0.3 is 0 Å². The van der Waals surface area contributed by atoms with Crippen LogP contribution in [-0.2, 0) is 13.1 Å². The van der Waals surface area contributed by atoms with E-state index in [0.29, 0.717) is 0 Å². The van der Waals surface area contributed by atoms with Gasteiger partial charge in [-0.3, -0.25) is 9.67 Å². The molecule has 4 nitrogen and oxygen atoms in total. The number of nitrogens with one attached hydrogen (secondary N) is 1. The second kappa shape index (κ2) is 6.66. The highest BCUT2D eigenvalue weighted by Crippen LogP contribution is 2.12. The maximum atomic E-state index is 4.55. The summed E-state index contributed by atoms with van der Waals surface area (Å²) >= 11 is 0. The van der Waals surface area contributed by atoms with Crippen molar-refractivity contribution in [1.82, 2.24) is 20.1 Å². The fourth-order valence-corrected chi connectivity index (χ4v) is 2.16. The summed E-state index contributed by atoms with van der Waals surface area (Å²) in [5.41, 5.74) is 5.87. The molecule has 2 rings (SSSR count). The number of aryl methyl sites for hydroxylation is 1. The Hall–Kier alpha value is -1.68. The molecule has 0 spiro atoms. The Bertz CT molecular complexity index is 555. The van der Waals surface area contributed by atoms with E-state index in [1.54, 1.807) is 0 Å². The quantitative estimate of drug-likeness (QED) is 0.822. The lowest BCUT2D eigenvalue weighted by molar-refractivity contribution is 0.643. The van der Waals surface area contributed by atoms with Crippen molar-refractivity contribution in [3.05, 3.63) is 46.5 Å². The summed E-state index contributed by atoms with van der Waals surface area (Å²) in [5, 5.41) is 7.94. The van der Waals surface area contributed by atoms with E-state index in [2.05, 4.69) is 55.2 Å². The average molecular weight is 272 g/mol. The molecule has 2 heterocycles. The van der Waals surface area contributed by atoms with Crippen molar-refractivity contribution < 1.29 is 0 Å². The SMILES string of the molecule is CCCNCc1ccc(Cn2nc(C)c(C)c2C)nc1. The molecule has 0 atom stereocenters. The Morgan fingerprint density at radius 1 is 1.20 bits per heavy atom. The van der Waals surface area contributed by atoms with Crippen molar-refractivity contribution >= 4 is 0 Å². The molecule has 0 bridgehead atoms. The highest BCUT2D eigenvalue weighted by atomic mass is 15.3. The lowest BCUT2D eigenvalue weighted by atomic mass is 10.2. The maximum Gasteiger partial charge on any atom is 0.0834 e. The summed E-state index contributed by atoms with van der Waals surface area (Å²) < 4.78 is 2.03. The van der Waals surface area contributed by atoms with E-state index in [-0.39, 0.29) is 0 Å². The van der Waals surface area contributed by atoms with E-state index < -0.39 is 0 Å². The Kier molecular flexibility index (Phi) is 4.90. The molecule has 0 radical (unpaired) electrons. The average Bonchev–Trinajstić information content (AvgIpc) is 2.69. The molecule has 0 amide bonds. The lowest BCUT2D eigenvalue weighted by Crippen LogP contribution is -2.14. The Labute approximate surface area is 121 Å². The Balaban J connectivity index is 2.01. The second-order valence-electron chi connectivity index (χ2n) is 5.29. The van der Waals surface area contributed by atoms with Crippen LogP contribution in [0.2, 0.25) is 0 Å². The molecule has 0 aromatic carbocycles. The molecule has 0 aliphatic heterocycles. The van der Waals surface area contributed by atoms with Crippen LogP contribution < -0.4 is 5.32 Å². The van der Waals surface area contributed by atoms with Gasteiger partial charge in [-0.1, -0.05) is 13.0 Å². The van der Waals surface area contributed by atoms with Gasteiger partial charge in [0.2, 0.25) is 0 Å². The normalized spacial score (nSPS) is 11.0. The smallest absolute Gasteiger partial charge is 0.0834 e. The summed E-state index contributed by atoms with van der Waals surface area (Å²) in [7, 11) is 0. The summed E-state index contributed by atoms with van der Waals surface area (Å²) in [5.74, 6) is 0. The molecule has 0 saturated heterocycles. The number of hydrogen-bond donors (Lipinski definition) is 1. The summed E-state index contributed by atoms with van der Waals surface area (Å²) in [4.78, 5) is 4.53. The van der Waals surface area contributed by atoms with E-state index in [1.807, 2.05) is 10.9 Å². The van der Waals surface area contributed by atoms with Crippen molar-refractivity contribution in [2.75, 3.05) is 6.54 Å². The summed E-state index contributed by atoms with van der Waals surface area (Å²) in [6.45, 7) is 11.1. The van der Waals surface area contributed by atoms with Crippen molar-refractivity contribution in [2.24, 2.45) is 0 Å². The van der Waals surface area contributed by atoms with Crippen LogP contribution in [-0.4, -0.2) is 21.3 Å². The first-order chi connectivity index (χ1) is 9.61. The Morgan fingerprint density at radius 3 is 2.55 bits per heavy atom. The number of pyridine rings is 1. The summed E-state index contributed by atoms with van der Waals surface area (Å²) in [6.07, 6.45) is 3.11. The molecule has 2 aromatic heterocycles. The third-order valence-electron chi connectivity index (χ3n) is 3.70. The van der Waals surface area contributed by atoms with Gasteiger partial charge in [0.15, 0.2) is 0 Å². The topological polar surface area (TPSA) is 42.7 Å². The number of rotatable bonds is 6. The number of hydrogen-bond acceptors (Lipinski definition) is 3. The van der Waals surface area contributed by atoms with Crippen LogP contribution in [0.1, 0.15) is 41.6 Å². The van der Waals surface area contributed by atoms with Crippen molar-refractivity contribution in [1.29, 1.82) is 0 Å². The molecule has 108 valence electrons. The molecule has 0 unspecified atom stereocenters. The third kappa shape index (κ3) is 3.45. The monoisotopic (exact) mass is 272 g/mol. The van der Waals surface area contributed by atoms with Gasteiger partial charge in [0.25, 0.3) is 0 Å². The van der Waals surface area contributed by atoms with Crippen molar-refractivity contribution in [2.45, 2.75) is 47.2 Å². The molecule has 4 heteroatoms. The van der Waals surface area contributed by atoms with Crippen LogP contribution in [0.5, 0.6) is 0 Å². The van der Waals surface area contributed by atoms with Gasteiger partial charge < -0.3 is 5.32 Å². The van der Waals surface area contributed by atoms with E-state index in [4.69, 9.17) is 0 Å². The standard InChI is InChI=1S/C16H24N4/c1-5-8-17-9-15-6-7-16(18-10-15)11-20-14(4)12(2)13(3)19-20/h6-7,10,17H,5,8-9,11H2,1-4H3. The van der Waals surface area contributed by atoms with Crippen molar-refractivity contribution in [3.8, 4) is 0 Å². The van der Waals surface area contributed by atoms with Gasteiger partial charge in [0.05, 0.1) is 17.9 Å². The lowest BCUT2D eigenvalue weighted by Gasteiger charge is -2.06. The fourth-order valence-electron chi connectivity index (χ4n) is 2.16. The number of aromatic nitrogens is 3. The fraction of sp³-hybridized carbons (Fsp3) is 0.500. The maximum absolute atomic E-state index is 4.55. The molecule has 0 aliphatic rings. The molecule has 20 heavy (non-hydrogen) atoms. The third-order valence-corrected chi connectivity index (χ3v) is 3.70. The second-order valence-corrected chi connectivity index (χ2v) is 5.29. The van der Waals surface area contributed by atoms with E-state index in [9.17, 15) is 0 Å². The van der Waals surface area contributed by atoms with Gasteiger partial charge in [-0.05, 0) is 50.9 Å². The number of nitrogens with zero attached hydrogens (tertiary/aromatic N) is 3. The predicted molar refractivity (Wildman–Crippen MR) is 81.8 cm³/mol. The van der Waals surface area contributed by atoms with Crippen LogP contribution in [0.25, 0.3) is 0 Å². The molecule has 2 aromatic rings. The minimum atomic E-state index is 0.739. The Morgan fingerprint density at radius 2 is 2.00 bits per heavy atom. The molecule has 0 aliphatic carbocycles.